The van der Waals surface area contributed by atoms with Gasteiger partial charge in [0.25, 0.3) is 0 Å². The van der Waals surface area contributed by atoms with Gasteiger partial charge in [-0.15, -0.1) is 0 Å². The van der Waals surface area contributed by atoms with Crippen LogP contribution in [0.4, 0.5) is 5.69 Å². The Kier molecular flexibility index (Phi) is 4.47. The SMILES string of the molecule is COC(=O)c1ccc(N2C(=O)[C@H](c3ccccc3)[C@H]2c2ccccc2)cc1. The maximum Gasteiger partial charge on any atom is 0.337 e. The number of benzene rings is 3. The maximum atomic E-state index is 13.1. The van der Waals surface area contributed by atoms with E-state index in [0.717, 1.165) is 16.8 Å². The van der Waals surface area contributed by atoms with Crippen LogP contribution in [0.25, 0.3) is 0 Å². The molecule has 0 aliphatic carbocycles. The van der Waals surface area contributed by atoms with Gasteiger partial charge in [-0.25, -0.2) is 4.79 Å². The predicted octanol–water partition coefficient (Wildman–Crippen LogP) is 4.34. The van der Waals surface area contributed by atoms with Gasteiger partial charge >= 0.3 is 5.97 Å². The first-order valence-electron chi connectivity index (χ1n) is 8.82. The number of anilines is 1. The third-order valence-electron chi connectivity index (χ3n) is 4.96. The molecular formula is C23H19NO3. The molecule has 4 heteroatoms. The second kappa shape index (κ2) is 7.08. The fourth-order valence-corrected chi connectivity index (χ4v) is 3.63. The molecule has 0 spiro atoms. The van der Waals surface area contributed by atoms with E-state index in [-0.39, 0.29) is 17.9 Å². The lowest BCUT2D eigenvalue weighted by atomic mass is 9.77. The molecule has 3 aromatic rings. The summed E-state index contributed by atoms with van der Waals surface area (Å²) in [6, 6.07) is 26.8. The van der Waals surface area contributed by atoms with Crippen molar-refractivity contribution in [3.8, 4) is 0 Å². The van der Waals surface area contributed by atoms with Gasteiger partial charge in [-0.05, 0) is 35.4 Å². The van der Waals surface area contributed by atoms with E-state index in [0.29, 0.717) is 5.56 Å². The van der Waals surface area contributed by atoms with Crippen LogP contribution < -0.4 is 4.90 Å². The Morgan fingerprint density at radius 2 is 1.37 bits per heavy atom. The Balaban J connectivity index is 1.71. The Hall–Kier alpha value is -3.40. The molecule has 0 saturated carbocycles. The summed E-state index contributed by atoms with van der Waals surface area (Å²) < 4.78 is 4.74. The maximum absolute atomic E-state index is 13.1. The Morgan fingerprint density at radius 1 is 0.815 bits per heavy atom. The average molecular weight is 357 g/mol. The Bertz CT molecular complexity index is 952. The summed E-state index contributed by atoms with van der Waals surface area (Å²) in [7, 11) is 1.35. The predicted molar refractivity (Wildman–Crippen MR) is 104 cm³/mol. The number of hydrogen-bond acceptors (Lipinski definition) is 3. The number of β-lactam (4-membered cyclic amide) rings is 1. The molecular weight excluding hydrogens is 338 g/mol. The highest BCUT2D eigenvalue weighted by molar-refractivity contribution is 6.07. The molecule has 1 heterocycles. The largest absolute Gasteiger partial charge is 0.465 e. The number of rotatable bonds is 4. The van der Waals surface area contributed by atoms with Crippen molar-refractivity contribution in [2.75, 3.05) is 12.0 Å². The summed E-state index contributed by atoms with van der Waals surface area (Å²) in [5.41, 5.74) is 3.33. The number of carbonyl (C=O) groups excluding carboxylic acids is 2. The van der Waals surface area contributed by atoms with Crippen molar-refractivity contribution >= 4 is 17.6 Å². The summed E-state index contributed by atoms with van der Waals surface area (Å²) in [4.78, 5) is 26.5. The molecule has 1 aliphatic rings. The van der Waals surface area contributed by atoms with Crippen molar-refractivity contribution in [2.24, 2.45) is 0 Å². The first-order chi connectivity index (χ1) is 13.2. The van der Waals surface area contributed by atoms with Crippen LogP contribution in [0.15, 0.2) is 84.9 Å². The van der Waals surface area contributed by atoms with E-state index in [1.165, 1.54) is 7.11 Å². The molecule has 27 heavy (non-hydrogen) atoms. The van der Waals surface area contributed by atoms with Gasteiger partial charge in [-0.2, -0.15) is 0 Å². The minimum atomic E-state index is -0.391. The summed E-state index contributed by atoms with van der Waals surface area (Å²) in [5, 5.41) is 0. The zero-order valence-corrected chi connectivity index (χ0v) is 14.9. The van der Waals surface area contributed by atoms with E-state index < -0.39 is 5.97 Å². The zero-order valence-electron chi connectivity index (χ0n) is 14.9. The van der Waals surface area contributed by atoms with E-state index in [1.54, 1.807) is 29.2 Å². The van der Waals surface area contributed by atoms with Gasteiger partial charge in [0.15, 0.2) is 0 Å². The number of ether oxygens (including phenoxy) is 1. The third kappa shape index (κ3) is 2.99. The molecule has 0 radical (unpaired) electrons. The van der Waals surface area contributed by atoms with Crippen molar-refractivity contribution in [2.45, 2.75) is 12.0 Å². The molecule has 2 atom stereocenters. The fourth-order valence-electron chi connectivity index (χ4n) is 3.63. The minimum Gasteiger partial charge on any atom is -0.465 e. The van der Waals surface area contributed by atoms with Crippen molar-refractivity contribution < 1.29 is 14.3 Å². The standard InChI is InChI=1S/C23H19NO3/c1-27-23(26)18-12-14-19(15-13-18)24-21(17-10-6-3-7-11-17)20(22(24)25)16-8-4-2-5-9-16/h2-15,20-21H,1H3/t20-,21-/m1/s1. The van der Waals surface area contributed by atoms with Crippen LogP contribution >= 0.6 is 0 Å². The number of methoxy groups -OCH3 is 1. The molecule has 1 saturated heterocycles. The highest BCUT2D eigenvalue weighted by Crippen LogP contribution is 2.48. The summed E-state index contributed by atoms with van der Waals surface area (Å²) >= 11 is 0. The van der Waals surface area contributed by atoms with E-state index in [9.17, 15) is 9.59 Å². The number of nitrogens with zero attached hydrogens (tertiary/aromatic N) is 1. The fraction of sp³-hybridized carbons (Fsp3) is 0.130. The number of hydrogen-bond donors (Lipinski definition) is 0. The second-order valence-corrected chi connectivity index (χ2v) is 6.49. The van der Waals surface area contributed by atoms with Gasteiger partial charge < -0.3 is 9.64 Å². The molecule has 1 fully saturated rings. The first kappa shape index (κ1) is 17.0. The quantitative estimate of drug-likeness (QED) is 0.515. The van der Waals surface area contributed by atoms with Gasteiger partial charge in [-0.1, -0.05) is 60.7 Å². The lowest BCUT2D eigenvalue weighted by molar-refractivity contribution is -0.126. The lowest BCUT2D eigenvalue weighted by Gasteiger charge is -2.47. The van der Waals surface area contributed by atoms with Crippen molar-refractivity contribution in [1.82, 2.24) is 0 Å². The molecule has 0 N–H and O–H groups in total. The number of esters is 1. The molecule has 0 aromatic heterocycles. The zero-order chi connectivity index (χ0) is 18.8. The van der Waals surface area contributed by atoms with Crippen molar-refractivity contribution in [1.29, 1.82) is 0 Å². The van der Waals surface area contributed by atoms with Crippen LogP contribution in [0, 0.1) is 0 Å². The topological polar surface area (TPSA) is 46.6 Å². The van der Waals surface area contributed by atoms with Crippen molar-refractivity contribution in [3.05, 3.63) is 102 Å². The van der Waals surface area contributed by atoms with E-state index in [4.69, 9.17) is 4.74 Å². The van der Waals surface area contributed by atoms with Crippen LogP contribution in [0.5, 0.6) is 0 Å². The molecule has 1 aliphatic heterocycles. The highest BCUT2D eigenvalue weighted by Gasteiger charge is 2.49. The molecule has 0 unspecified atom stereocenters. The average Bonchev–Trinajstić information content (AvgIpc) is 2.73. The van der Waals surface area contributed by atoms with Gasteiger partial charge in [-0.3, -0.25) is 4.79 Å². The Morgan fingerprint density at radius 3 is 1.93 bits per heavy atom. The second-order valence-electron chi connectivity index (χ2n) is 6.49. The highest BCUT2D eigenvalue weighted by atomic mass is 16.5. The number of amides is 1. The molecule has 134 valence electrons. The summed E-state index contributed by atoms with van der Waals surface area (Å²) in [6.45, 7) is 0. The molecule has 0 bridgehead atoms. The Labute approximate surface area is 158 Å². The minimum absolute atomic E-state index is 0.0564. The van der Waals surface area contributed by atoms with Crippen molar-refractivity contribution in [3.63, 3.8) is 0 Å². The molecule has 4 nitrogen and oxygen atoms in total. The smallest absolute Gasteiger partial charge is 0.337 e. The van der Waals surface area contributed by atoms with E-state index in [1.807, 2.05) is 60.7 Å². The normalized spacial score (nSPS) is 18.7. The molecule has 3 aromatic carbocycles. The lowest BCUT2D eigenvalue weighted by Crippen LogP contribution is -2.53. The van der Waals surface area contributed by atoms with Crippen LogP contribution in [0.2, 0.25) is 0 Å². The van der Waals surface area contributed by atoms with E-state index in [2.05, 4.69) is 0 Å². The van der Waals surface area contributed by atoms with Crippen LogP contribution in [-0.4, -0.2) is 19.0 Å². The van der Waals surface area contributed by atoms with Crippen LogP contribution in [0.3, 0.4) is 0 Å². The van der Waals surface area contributed by atoms with Gasteiger partial charge in [0.1, 0.15) is 0 Å². The molecule has 4 rings (SSSR count). The van der Waals surface area contributed by atoms with Gasteiger partial charge in [0.05, 0.1) is 24.6 Å². The monoisotopic (exact) mass is 357 g/mol. The van der Waals surface area contributed by atoms with E-state index >= 15 is 0 Å². The first-order valence-corrected chi connectivity index (χ1v) is 8.82. The summed E-state index contributed by atoms with van der Waals surface area (Å²) in [6.07, 6.45) is 0. The van der Waals surface area contributed by atoms with Crippen LogP contribution in [-0.2, 0) is 9.53 Å². The van der Waals surface area contributed by atoms with Gasteiger partial charge in [0.2, 0.25) is 5.91 Å². The number of carbonyl (C=O) groups is 2. The van der Waals surface area contributed by atoms with Gasteiger partial charge in [0, 0.05) is 5.69 Å². The third-order valence-corrected chi connectivity index (χ3v) is 4.96. The molecule has 1 amide bonds. The van der Waals surface area contributed by atoms with Crippen LogP contribution in [0.1, 0.15) is 33.4 Å². The summed E-state index contributed by atoms with van der Waals surface area (Å²) in [5.74, 6) is -0.548.